The third-order valence-electron chi connectivity index (χ3n) is 2.71. The van der Waals surface area contributed by atoms with E-state index in [1.165, 1.54) is 0 Å². The number of hydrogen-bond acceptors (Lipinski definition) is 8. The summed E-state index contributed by atoms with van der Waals surface area (Å²) in [5, 5.41) is 0. The molecule has 13 nitrogen and oxygen atoms in total. The number of phosphoric ester groups is 2. The normalized spacial score (nSPS) is 18.0. The van der Waals surface area contributed by atoms with Crippen molar-refractivity contribution in [2.45, 2.75) is 12.4 Å². The molecule has 1 aliphatic rings. The van der Waals surface area contributed by atoms with Crippen LogP contribution in [0.1, 0.15) is 0 Å². The van der Waals surface area contributed by atoms with Crippen LogP contribution < -0.4 is 0 Å². The van der Waals surface area contributed by atoms with Gasteiger partial charge in [-0.05, 0) is 0 Å². The van der Waals surface area contributed by atoms with Crippen molar-refractivity contribution in [3.8, 4) is 0 Å². The largest absolute Gasteiger partial charge is 0.470 e. The van der Waals surface area contributed by atoms with E-state index in [4.69, 9.17) is 29.0 Å². The van der Waals surface area contributed by atoms with E-state index in [0.29, 0.717) is 0 Å². The third-order valence-corrected chi connectivity index (χ3v) is 3.74. The molecule has 0 aliphatic carbocycles. The van der Waals surface area contributed by atoms with E-state index in [1.54, 1.807) is 0 Å². The zero-order valence-electron chi connectivity index (χ0n) is 12.8. The molecule has 0 bridgehead atoms. The lowest BCUT2D eigenvalue weighted by molar-refractivity contribution is -0.185. The van der Waals surface area contributed by atoms with E-state index in [2.05, 4.69) is 9.05 Å². The van der Waals surface area contributed by atoms with Gasteiger partial charge in [0.2, 0.25) is 0 Å². The fourth-order valence-electron chi connectivity index (χ4n) is 1.74. The molecule has 144 valence electrons. The molecule has 1 rings (SSSR count). The van der Waals surface area contributed by atoms with Gasteiger partial charge in [-0.2, -0.15) is 0 Å². The fourth-order valence-corrected chi connectivity index (χ4v) is 2.60. The highest BCUT2D eigenvalue weighted by Gasteiger charge is 2.33. The van der Waals surface area contributed by atoms with Gasteiger partial charge in [-0.3, -0.25) is 23.5 Å². The quantitative estimate of drug-likeness (QED) is 0.177. The van der Waals surface area contributed by atoms with Gasteiger partial charge in [0, 0.05) is 19.3 Å². The van der Waals surface area contributed by atoms with E-state index in [-0.39, 0.29) is 13.2 Å². The number of carbonyl (C=O) groups excluding carboxylic acids is 2. The number of ether oxygens (including phenoxy) is 2. The number of hydrogen-bond donors (Lipinski definition) is 4. The van der Waals surface area contributed by atoms with Crippen LogP contribution in [0.4, 0.5) is 0 Å². The van der Waals surface area contributed by atoms with Gasteiger partial charge in [-0.15, -0.1) is 0 Å². The maximum Gasteiger partial charge on any atom is 0.470 e. The van der Waals surface area contributed by atoms with E-state index in [0.717, 1.165) is 24.2 Å². The van der Waals surface area contributed by atoms with Crippen molar-refractivity contribution >= 4 is 27.5 Å². The molecule has 15 heteroatoms. The third kappa shape index (κ3) is 8.29. The molecule has 0 radical (unpaired) electrons. The lowest BCUT2D eigenvalue weighted by Gasteiger charge is -2.26. The van der Waals surface area contributed by atoms with Gasteiger partial charge in [0.05, 0.1) is 19.8 Å². The summed E-state index contributed by atoms with van der Waals surface area (Å²) < 4.78 is 40.1. The van der Waals surface area contributed by atoms with E-state index >= 15 is 0 Å². The summed E-state index contributed by atoms with van der Waals surface area (Å²) in [4.78, 5) is 58.6. The van der Waals surface area contributed by atoms with Crippen LogP contribution in [0.15, 0.2) is 12.2 Å². The predicted molar refractivity (Wildman–Crippen MR) is 77.5 cm³/mol. The smallest absolute Gasteiger partial charge is 0.353 e. The van der Waals surface area contributed by atoms with Crippen LogP contribution in [-0.4, -0.2) is 75.6 Å². The van der Waals surface area contributed by atoms with E-state index < -0.39 is 46.5 Å². The second kappa shape index (κ2) is 9.10. The van der Waals surface area contributed by atoms with Crippen molar-refractivity contribution < 1.29 is 56.8 Å². The van der Waals surface area contributed by atoms with Gasteiger partial charge in [0.1, 0.15) is 6.10 Å². The molecule has 2 amide bonds. The Bertz CT molecular complexity index is 591. The molecule has 0 fully saturated rings. The Morgan fingerprint density at radius 2 is 1.64 bits per heavy atom. The maximum absolute atomic E-state index is 11.4. The molecule has 25 heavy (non-hydrogen) atoms. The predicted octanol–water partition coefficient (Wildman–Crippen LogP) is -1.51. The van der Waals surface area contributed by atoms with Crippen LogP contribution >= 0.6 is 15.6 Å². The topological polar surface area (TPSA) is 189 Å². The molecule has 1 heterocycles. The molecule has 0 saturated heterocycles. The van der Waals surface area contributed by atoms with Crippen molar-refractivity contribution in [2.75, 3.05) is 26.9 Å². The summed E-state index contributed by atoms with van der Waals surface area (Å²) in [7, 11) is -8.93. The minimum atomic E-state index is -5.07. The van der Waals surface area contributed by atoms with Crippen molar-refractivity contribution in [1.29, 1.82) is 0 Å². The van der Waals surface area contributed by atoms with Gasteiger partial charge < -0.3 is 29.0 Å². The number of imide groups is 1. The average molecular weight is 405 g/mol. The summed E-state index contributed by atoms with van der Waals surface area (Å²) in [5.74, 6) is -1.12. The van der Waals surface area contributed by atoms with Crippen LogP contribution in [0.5, 0.6) is 0 Å². The Labute approximate surface area is 141 Å². The number of rotatable bonds is 11. The van der Waals surface area contributed by atoms with Crippen molar-refractivity contribution in [2.24, 2.45) is 0 Å². The van der Waals surface area contributed by atoms with Crippen LogP contribution in [0, 0.1) is 0 Å². The SMILES string of the molecule is COC(OCCN1C(=O)C=CC1=O)[C@@H](COP(=O)(O)O)OP(=O)(O)O. The Hall–Kier alpha value is -0.980. The van der Waals surface area contributed by atoms with Crippen molar-refractivity contribution in [1.82, 2.24) is 4.90 Å². The summed E-state index contributed by atoms with van der Waals surface area (Å²) in [5.41, 5.74) is 0. The molecule has 0 aromatic carbocycles. The Kier molecular flexibility index (Phi) is 8.03. The lowest BCUT2D eigenvalue weighted by atomic mass is 10.3. The molecular formula is C10H17NO12P2. The summed E-state index contributed by atoms with van der Waals surface area (Å²) in [6.07, 6.45) is -1.10. The maximum atomic E-state index is 11.4. The van der Waals surface area contributed by atoms with Gasteiger partial charge in [-0.25, -0.2) is 9.13 Å². The zero-order valence-corrected chi connectivity index (χ0v) is 14.6. The standard InChI is InChI=1S/C10H17NO12P2/c1-20-10(21-5-4-11-8(12)2-3-9(11)13)7(23-25(17,18)19)6-22-24(14,15)16/h2-3,7,10H,4-6H2,1H3,(H2,14,15,16)(H2,17,18,19)/t7-,10?/m1/s1. The highest BCUT2D eigenvalue weighted by atomic mass is 31.2. The fraction of sp³-hybridized carbons (Fsp3) is 0.600. The van der Waals surface area contributed by atoms with Crippen molar-refractivity contribution in [3.63, 3.8) is 0 Å². The van der Waals surface area contributed by atoms with E-state index in [1.807, 2.05) is 0 Å². The highest BCUT2D eigenvalue weighted by Crippen LogP contribution is 2.41. The second-order valence-corrected chi connectivity index (χ2v) is 6.99. The molecular weight excluding hydrogens is 388 g/mol. The lowest BCUT2D eigenvalue weighted by Crippen LogP contribution is -2.39. The van der Waals surface area contributed by atoms with Crippen molar-refractivity contribution in [3.05, 3.63) is 12.2 Å². The number of carbonyl (C=O) groups is 2. The molecule has 1 aliphatic heterocycles. The first-order valence-electron chi connectivity index (χ1n) is 6.55. The summed E-state index contributed by atoms with van der Waals surface area (Å²) in [6, 6.07) is 0. The number of amides is 2. The first-order chi connectivity index (χ1) is 11.4. The molecule has 0 aromatic rings. The molecule has 0 aromatic heterocycles. The number of phosphoric acid groups is 2. The minimum absolute atomic E-state index is 0.188. The monoisotopic (exact) mass is 405 g/mol. The molecule has 0 saturated carbocycles. The van der Waals surface area contributed by atoms with Gasteiger partial charge >= 0.3 is 15.6 Å². The molecule has 4 N–H and O–H groups in total. The summed E-state index contributed by atoms with van der Waals surface area (Å²) in [6.45, 7) is -1.45. The molecule has 0 spiro atoms. The first-order valence-corrected chi connectivity index (χ1v) is 9.61. The number of methoxy groups -OCH3 is 1. The Morgan fingerprint density at radius 3 is 2.08 bits per heavy atom. The first kappa shape index (κ1) is 22.1. The van der Waals surface area contributed by atoms with Gasteiger partial charge in [0.25, 0.3) is 11.8 Å². The van der Waals surface area contributed by atoms with Crippen LogP contribution in [0.3, 0.4) is 0 Å². The Morgan fingerprint density at radius 1 is 1.08 bits per heavy atom. The van der Waals surface area contributed by atoms with Gasteiger partial charge in [-0.1, -0.05) is 0 Å². The minimum Gasteiger partial charge on any atom is -0.353 e. The highest BCUT2D eigenvalue weighted by molar-refractivity contribution is 7.46. The van der Waals surface area contributed by atoms with E-state index in [9.17, 15) is 18.7 Å². The van der Waals surface area contributed by atoms with Crippen LogP contribution in [-0.2, 0) is 37.2 Å². The summed E-state index contributed by atoms with van der Waals surface area (Å²) >= 11 is 0. The van der Waals surface area contributed by atoms with Crippen LogP contribution in [0.2, 0.25) is 0 Å². The number of nitrogens with zero attached hydrogens (tertiary/aromatic N) is 1. The Balaban J connectivity index is 2.65. The molecule has 1 unspecified atom stereocenters. The zero-order chi connectivity index (χ0) is 19.3. The second-order valence-electron chi connectivity index (χ2n) is 4.56. The van der Waals surface area contributed by atoms with Gasteiger partial charge in [0.15, 0.2) is 6.29 Å². The molecule has 2 atom stereocenters. The average Bonchev–Trinajstić information content (AvgIpc) is 2.77. The van der Waals surface area contributed by atoms with Crippen LogP contribution in [0.25, 0.3) is 0 Å².